The summed E-state index contributed by atoms with van der Waals surface area (Å²) in [4.78, 5) is 52.2. The molecule has 0 amide bonds. The third-order valence-electron chi connectivity index (χ3n) is 2.96. The van der Waals surface area contributed by atoms with Crippen molar-refractivity contribution in [2.75, 3.05) is 0 Å². The Kier molecular flexibility index (Phi) is 4.20. The molecule has 1 aromatic heterocycles. The average Bonchev–Trinajstić information content (AvgIpc) is 2.98. The Bertz CT molecular complexity index is 928. The fourth-order valence-electron chi connectivity index (χ4n) is 2.01. The molecule has 0 saturated carbocycles. The van der Waals surface area contributed by atoms with Crippen LogP contribution in [0.4, 0.5) is 28.8 Å². The fourth-order valence-corrected chi connectivity index (χ4v) is 2.01. The molecule has 26 heavy (non-hydrogen) atoms. The minimum atomic E-state index is -1.32. The molecule has 0 unspecified atom stereocenters. The van der Waals surface area contributed by atoms with Crippen LogP contribution in [0.25, 0.3) is 5.69 Å². The molecule has 134 valence electrons. The van der Waals surface area contributed by atoms with Crippen LogP contribution in [-0.2, 0) is 0 Å². The summed E-state index contributed by atoms with van der Waals surface area (Å²) in [6.45, 7) is 0. The molecule has 0 fully saturated rings. The Morgan fingerprint density at radius 1 is 0.731 bits per heavy atom. The van der Waals surface area contributed by atoms with Gasteiger partial charge in [-0.05, 0) is 9.85 Å². The van der Waals surface area contributed by atoms with Gasteiger partial charge in [-0.3, -0.25) is 30.3 Å². The highest BCUT2D eigenvalue weighted by Gasteiger charge is 2.40. The predicted molar refractivity (Wildman–Crippen MR) is 76.8 cm³/mol. The van der Waals surface area contributed by atoms with Crippen molar-refractivity contribution in [2.45, 2.75) is 0 Å². The third kappa shape index (κ3) is 2.81. The molecule has 0 N–H and O–H groups in total. The maximum absolute atomic E-state index is 11.2. The zero-order valence-electron chi connectivity index (χ0n) is 11.9. The quantitative estimate of drug-likeness (QED) is 0.521. The smallest absolute Gasteiger partial charge is 0.390 e. The van der Waals surface area contributed by atoms with E-state index in [4.69, 9.17) is 0 Å². The van der Waals surface area contributed by atoms with Crippen molar-refractivity contribution in [3.05, 3.63) is 68.9 Å². The lowest BCUT2D eigenvalue weighted by Crippen LogP contribution is -2.10. The first-order chi connectivity index (χ1) is 12.1. The van der Waals surface area contributed by atoms with Crippen LogP contribution in [-0.4, -0.2) is 34.2 Å². The van der Waals surface area contributed by atoms with Gasteiger partial charge < -0.3 is 20.2 Å². The number of nitro groups is 5. The van der Waals surface area contributed by atoms with E-state index in [0.29, 0.717) is 6.20 Å². The summed E-state index contributed by atoms with van der Waals surface area (Å²) in [6, 6.07) is 0.575. The van der Waals surface area contributed by atoms with E-state index in [1.54, 1.807) is 0 Å². The molecule has 0 atom stereocenters. The number of rotatable bonds is 6. The van der Waals surface area contributed by atoms with Crippen molar-refractivity contribution in [1.29, 1.82) is 0 Å². The van der Waals surface area contributed by atoms with E-state index in [2.05, 4.69) is 4.98 Å². The van der Waals surface area contributed by atoms with Crippen LogP contribution in [0.1, 0.15) is 0 Å². The maximum atomic E-state index is 11.2. The number of hydrogen-bond acceptors (Lipinski definition) is 11. The van der Waals surface area contributed by atoms with Crippen molar-refractivity contribution in [1.82, 2.24) is 9.55 Å². The highest BCUT2D eigenvalue weighted by atomic mass is 16.6. The molecule has 0 aliphatic carbocycles. The summed E-state index contributed by atoms with van der Waals surface area (Å²) in [7, 11) is 0. The van der Waals surface area contributed by atoms with E-state index in [-0.39, 0.29) is 16.7 Å². The van der Waals surface area contributed by atoms with Crippen molar-refractivity contribution < 1.29 is 24.6 Å². The SMILES string of the molecule is O=[N+]([O-])c1cc([N+](=O)[O-])c(-n2c([N+](=O)[O-])cnc2[N+](=O)[O-])c([N+](=O)[O-])c1. The lowest BCUT2D eigenvalue weighted by atomic mass is 10.2. The second-order valence-electron chi connectivity index (χ2n) is 4.37. The predicted octanol–water partition coefficient (Wildman–Crippen LogP) is 1.41. The van der Waals surface area contributed by atoms with Gasteiger partial charge >= 0.3 is 23.1 Å². The standard InChI is InChI=1S/C9H3N7O10/c17-12(18)4-1-5(13(19)20)8(6(2-4)14(21)22)11-7(15(23)24)3-10-9(11)16(25)26/h1-3H. The number of benzene rings is 1. The molecule has 1 aromatic carbocycles. The normalized spacial score (nSPS) is 10.3. The number of imidazole rings is 1. The summed E-state index contributed by atoms with van der Waals surface area (Å²) in [5.74, 6) is -2.51. The van der Waals surface area contributed by atoms with Crippen molar-refractivity contribution in [3.8, 4) is 5.69 Å². The summed E-state index contributed by atoms with van der Waals surface area (Å²) in [6.07, 6.45) is 0.368. The summed E-state index contributed by atoms with van der Waals surface area (Å²) < 4.78 is -0.0278. The fraction of sp³-hybridized carbons (Fsp3) is 0. The summed E-state index contributed by atoms with van der Waals surface area (Å²) in [5, 5.41) is 55.3. The van der Waals surface area contributed by atoms with Crippen LogP contribution < -0.4 is 0 Å². The van der Waals surface area contributed by atoms with Gasteiger partial charge in [0.05, 0.1) is 26.9 Å². The zero-order chi connectivity index (χ0) is 19.8. The molecule has 0 aliphatic rings. The molecule has 0 saturated heterocycles. The second-order valence-corrected chi connectivity index (χ2v) is 4.37. The Labute approximate surface area is 138 Å². The molecule has 0 radical (unpaired) electrons. The molecule has 17 nitrogen and oxygen atoms in total. The van der Waals surface area contributed by atoms with E-state index in [9.17, 15) is 50.6 Å². The lowest BCUT2D eigenvalue weighted by Gasteiger charge is -2.05. The molecule has 17 heteroatoms. The van der Waals surface area contributed by atoms with Gasteiger partial charge in [0.2, 0.25) is 0 Å². The number of hydrogen-bond donors (Lipinski definition) is 0. The van der Waals surface area contributed by atoms with Gasteiger partial charge in [0.1, 0.15) is 0 Å². The summed E-state index contributed by atoms with van der Waals surface area (Å²) >= 11 is 0. The van der Waals surface area contributed by atoms with Crippen LogP contribution in [0, 0.1) is 50.6 Å². The van der Waals surface area contributed by atoms with Crippen LogP contribution in [0.5, 0.6) is 0 Å². The largest absolute Gasteiger partial charge is 0.443 e. The van der Waals surface area contributed by atoms with E-state index >= 15 is 0 Å². The van der Waals surface area contributed by atoms with Gasteiger partial charge in [0.25, 0.3) is 11.4 Å². The van der Waals surface area contributed by atoms with Gasteiger partial charge in [0.15, 0.2) is 6.20 Å². The summed E-state index contributed by atoms with van der Waals surface area (Å²) in [5.41, 5.74) is -4.91. The van der Waals surface area contributed by atoms with Crippen LogP contribution in [0.2, 0.25) is 0 Å². The first-order valence-electron chi connectivity index (χ1n) is 6.04. The van der Waals surface area contributed by atoms with Gasteiger partial charge in [-0.2, -0.15) is 0 Å². The minimum Gasteiger partial charge on any atom is -0.390 e. The van der Waals surface area contributed by atoms with Gasteiger partial charge in [-0.1, -0.05) is 4.98 Å². The average molecular weight is 369 g/mol. The van der Waals surface area contributed by atoms with Gasteiger partial charge in [-0.15, -0.1) is 4.57 Å². The van der Waals surface area contributed by atoms with Crippen LogP contribution in [0.3, 0.4) is 0 Å². The van der Waals surface area contributed by atoms with E-state index < -0.39 is 59.1 Å². The Balaban J connectivity index is 3.07. The molecule has 1 heterocycles. The molecule has 0 bridgehead atoms. The molecular formula is C9H3N7O10. The van der Waals surface area contributed by atoms with Gasteiger partial charge in [0, 0.05) is 0 Å². The topological polar surface area (TPSA) is 234 Å². The number of aromatic nitrogens is 2. The monoisotopic (exact) mass is 369 g/mol. The minimum absolute atomic E-state index is 0.0278. The molecule has 0 spiro atoms. The molecular weight excluding hydrogens is 366 g/mol. The Morgan fingerprint density at radius 3 is 1.58 bits per heavy atom. The third-order valence-corrected chi connectivity index (χ3v) is 2.96. The molecule has 2 aromatic rings. The maximum Gasteiger partial charge on any atom is 0.443 e. The first kappa shape index (κ1) is 17.8. The molecule has 2 rings (SSSR count). The van der Waals surface area contributed by atoms with Crippen molar-refractivity contribution in [2.24, 2.45) is 0 Å². The van der Waals surface area contributed by atoms with Crippen molar-refractivity contribution in [3.63, 3.8) is 0 Å². The lowest BCUT2D eigenvalue weighted by molar-refractivity contribution is -0.410. The first-order valence-corrected chi connectivity index (χ1v) is 6.04. The highest BCUT2D eigenvalue weighted by molar-refractivity contribution is 5.72. The highest BCUT2D eigenvalue weighted by Crippen LogP contribution is 2.40. The number of nitrogens with zero attached hydrogens (tertiary/aromatic N) is 7. The van der Waals surface area contributed by atoms with E-state index in [0.717, 1.165) is 0 Å². The number of nitro benzene ring substituents is 3. The zero-order valence-corrected chi connectivity index (χ0v) is 11.9. The van der Waals surface area contributed by atoms with Crippen LogP contribution in [0.15, 0.2) is 18.3 Å². The second kappa shape index (κ2) is 6.14. The number of non-ortho nitro benzene ring substituents is 1. The van der Waals surface area contributed by atoms with Crippen molar-refractivity contribution >= 4 is 28.8 Å². The van der Waals surface area contributed by atoms with E-state index in [1.807, 2.05) is 0 Å². The Morgan fingerprint density at radius 2 is 1.23 bits per heavy atom. The molecule has 0 aliphatic heterocycles. The Hall–Kier alpha value is -4.57. The van der Waals surface area contributed by atoms with Gasteiger partial charge in [-0.25, -0.2) is 0 Å². The van der Waals surface area contributed by atoms with E-state index in [1.165, 1.54) is 0 Å². The van der Waals surface area contributed by atoms with Crippen LogP contribution >= 0.6 is 0 Å².